The minimum Gasteiger partial charge on any atom is -0.457 e. The van der Waals surface area contributed by atoms with E-state index >= 15 is 0 Å². The highest BCUT2D eigenvalue weighted by atomic mass is 32.2. The molecule has 0 aromatic carbocycles. The van der Waals surface area contributed by atoms with E-state index < -0.39 is 52.3 Å². The van der Waals surface area contributed by atoms with Crippen LogP contribution in [0.4, 0.5) is 0 Å². The SMILES string of the molecule is C=CS(=O)(=O)O[C@@H](C)C(=O)CCC(=O)C(=[N+]=[N-])C(=O)OCC. The van der Waals surface area contributed by atoms with E-state index in [1.54, 1.807) is 0 Å². The number of nitrogens with zero attached hydrogens (tertiary/aromatic N) is 2. The van der Waals surface area contributed by atoms with Crippen LogP contribution in [0.25, 0.3) is 5.53 Å². The summed E-state index contributed by atoms with van der Waals surface area (Å²) in [5.74, 6) is -2.70. The normalized spacial score (nSPS) is 11.9. The first-order chi connectivity index (χ1) is 10.2. The number of Topliss-reactive ketones (excluding diaryl/α,β-unsaturated/α-hetero) is 2. The Bertz CT molecular complexity index is 617. The molecule has 9 nitrogen and oxygen atoms in total. The molecule has 0 radical (unpaired) electrons. The summed E-state index contributed by atoms with van der Waals surface area (Å²) in [6.07, 6.45) is -2.17. The summed E-state index contributed by atoms with van der Waals surface area (Å²) in [6.45, 7) is 5.69. The van der Waals surface area contributed by atoms with Crippen LogP contribution < -0.4 is 0 Å². The van der Waals surface area contributed by atoms with E-state index in [9.17, 15) is 22.8 Å². The monoisotopic (exact) mass is 332 g/mol. The summed E-state index contributed by atoms with van der Waals surface area (Å²) in [4.78, 5) is 37.1. The molecule has 0 amide bonds. The molecule has 0 saturated heterocycles. The minimum atomic E-state index is -4.02. The van der Waals surface area contributed by atoms with E-state index in [2.05, 4.69) is 20.3 Å². The van der Waals surface area contributed by atoms with Gasteiger partial charge in [0, 0.05) is 12.8 Å². The third kappa shape index (κ3) is 6.53. The topological polar surface area (TPSA) is 140 Å². The highest BCUT2D eigenvalue weighted by molar-refractivity contribution is 7.89. The van der Waals surface area contributed by atoms with Crippen LogP contribution in [0.3, 0.4) is 0 Å². The van der Waals surface area contributed by atoms with Gasteiger partial charge in [0.25, 0.3) is 15.9 Å². The van der Waals surface area contributed by atoms with Crippen molar-refractivity contribution in [2.24, 2.45) is 0 Å². The van der Waals surface area contributed by atoms with Gasteiger partial charge < -0.3 is 10.3 Å². The summed E-state index contributed by atoms with van der Waals surface area (Å²) in [5, 5.41) is 0.541. The van der Waals surface area contributed by atoms with Crippen LogP contribution in [0.15, 0.2) is 12.0 Å². The summed E-state index contributed by atoms with van der Waals surface area (Å²) >= 11 is 0. The van der Waals surface area contributed by atoms with Crippen LogP contribution >= 0.6 is 0 Å². The van der Waals surface area contributed by atoms with Gasteiger partial charge in [-0.3, -0.25) is 13.8 Å². The van der Waals surface area contributed by atoms with E-state index in [1.807, 2.05) is 0 Å². The van der Waals surface area contributed by atoms with Gasteiger partial charge in [0.05, 0.1) is 12.0 Å². The predicted octanol–water partition coefficient (Wildman–Crippen LogP) is 0.0171. The second-order valence-corrected chi connectivity index (χ2v) is 5.47. The molecule has 1 atom stereocenters. The quantitative estimate of drug-likeness (QED) is 0.137. The van der Waals surface area contributed by atoms with Gasteiger partial charge in [-0.05, 0) is 13.8 Å². The Morgan fingerprint density at radius 3 is 2.36 bits per heavy atom. The van der Waals surface area contributed by atoms with Crippen molar-refractivity contribution in [3.63, 3.8) is 0 Å². The average molecular weight is 332 g/mol. The Morgan fingerprint density at radius 1 is 1.32 bits per heavy atom. The van der Waals surface area contributed by atoms with Crippen molar-refractivity contribution in [1.29, 1.82) is 0 Å². The molecule has 0 aliphatic carbocycles. The number of ether oxygens (including phenoxy) is 1. The summed E-state index contributed by atoms with van der Waals surface area (Å²) in [6, 6.07) is 0. The molecule has 0 rings (SSSR count). The summed E-state index contributed by atoms with van der Waals surface area (Å²) in [5.41, 5.74) is 7.79. The Morgan fingerprint density at radius 2 is 1.91 bits per heavy atom. The Balaban J connectivity index is 4.64. The number of rotatable bonds is 10. The first-order valence-electron chi connectivity index (χ1n) is 6.19. The zero-order chi connectivity index (χ0) is 17.3. The lowest BCUT2D eigenvalue weighted by Gasteiger charge is -2.09. The fraction of sp³-hybridized carbons (Fsp3) is 0.500. The highest BCUT2D eigenvalue weighted by Gasteiger charge is 2.31. The lowest BCUT2D eigenvalue weighted by atomic mass is 10.1. The van der Waals surface area contributed by atoms with Crippen LogP contribution in [-0.2, 0) is 33.4 Å². The van der Waals surface area contributed by atoms with Crippen LogP contribution in [0, 0.1) is 0 Å². The van der Waals surface area contributed by atoms with Crippen LogP contribution in [0.1, 0.15) is 26.7 Å². The smallest absolute Gasteiger partial charge is 0.441 e. The van der Waals surface area contributed by atoms with Gasteiger partial charge in [-0.1, -0.05) is 6.58 Å². The van der Waals surface area contributed by atoms with Crippen LogP contribution in [0.5, 0.6) is 0 Å². The van der Waals surface area contributed by atoms with Gasteiger partial charge in [0.1, 0.15) is 6.10 Å². The number of carbonyl (C=O) groups is 3. The predicted molar refractivity (Wildman–Crippen MR) is 74.2 cm³/mol. The number of carbonyl (C=O) groups excluding carboxylic acids is 3. The Labute approximate surface area is 127 Å². The molecule has 0 fully saturated rings. The molecular weight excluding hydrogens is 316 g/mol. The van der Waals surface area contributed by atoms with Gasteiger partial charge in [-0.2, -0.15) is 13.2 Å². The molecule has 0 heterocycles. The molecule has 0 N–H and O–H groups in total. The maximum Gasteiger partial charge on any atom is 0.441 e. The third-order valence-corrected chi connectivity index (χ3v) is 3.33. The second-order valence-electron chi connectivity index (χ2n) is 3.96. The van der Waals surface area contributed by atoms with Crippen molar-refractivity contribution in [2.45, 2.75) is 32.8 Å². The standard InChI is InChI=1S/C12H16N2O7S/c1-4-20-12(17)11(14-13)10(16)7-6-9(15)8(3)21-22(18,19)5-2/h5,8H,2,4,6-7H2,1,3H3/t8-/m0/s1. The lowest BCUT2D eigenvalue weighted by molar-refractivity contribution is -0.142. The first-order valence-corrected chi connectivity index (χ1v) is 7.66. The van der Waals surface area contributed by atoms with E-state index in [-0.39, 0.29) is 6.61 Å². The summed E-state index contributed by atoms with van der Waals surface area (Å²) < 4.78 is 31.2. The lowest BCUT2D eigenvalue weighted by Crippen LogP contribution is -2.29. The van der Waals surface area contributed by atoms with Crippen molar-refractivity contribution < 1.29 is 36.5 Å². The number of hydrogen-bond donors (Lipinski definition) is 0. The summed E-state index contributed by atoms with van der Waals surface area (Å²) in [7, 11) is -4.02. The van der Waals surface area contributed by atoms with E-state index in [1.165, 1.54) is 13.8 Å². The van der Waals surface area contributed by atoms with Crippen molar-refractivity contribution in [1.82, 2.24) is 0 Å². The van der Waals surface area contributed by atoms with Crippen molar-refractivity contribution >= 4 is 33.4 Å². The average Bonchev–Trinajstić information content (AvgIpc) is 2.45. The van der Waals surface area contributed by atoms with E-state index in [0.29, 0.717) is 5.41 Å². The minimum absolute atomic E-state index is 0.0195. The zero-order valence-corrected chi connectivity index (χ0v) is 13.0. The van der Waals surface area contributed by atoms with Crippen molar-refractivity contribution in [3.05, 3.63) is 17.5 Å². The van der Waals surface area contributed by atoms with Crippen LogP contribution in [0.2, 0.25) is 0 Å². The maximum atomic E-state index is 11.7. The third-order valence-electron chi connectivity index (χ3n) is 2.37. The molecule has 0 unspecified atom stereocenters. The zero-order valence-electron chi connectivity index (χ0n) is 12.1. The molecule has 0 spiro atoms. The molecule has 0 aliphatic heterocycles. The highest BCUT2D eigenvalue weighted by Crippen LogP contribution is 2.06. The fourth-order valence-corrected chi connectivity index (χ4v) is 1.85. The van der Waals surface area contributed by atoms with Gasteiger partial charge in [0.2, 0.25) is 0 Å². The van der Waals surface area contributed by atoms with Gasteiger partial charge >= 0.3 is 11.7 Å². The van der Waals surface area contributed by atoms with Gasteiger partial charge in [0.15, 0.2) is 5.78 Å². The number of ketones is 2. The maximum absolute atomic E-state index is 11.7. The molecule has 0 aromatic heterocycles. The van der Waals surface area contributed by atoms with E-state index in [4.69, 9.17) is 5.53 Å². The fourth-order valence-electron chi connectivity index (χ4n) is 1.26. The Kier molecular flexibility index (Phi) is 8.10. The number of esters is 1. The molecule has 0 bridgehead atoms. The number of hydrogen-bond acceptors (Lipinski definition) is 7. The molecule has 22 heavy (non-hydrogen) atoms. The van der Waals surface area contributed by atoms with Gasteiger partial charge in [-0.15, -0.1) is 0 Å². The molecular formula is C12H16N2O7S. The molecule has 122 valence electrons. The second kappa shape index (κ2) is 8.98. The Hall–Kier alpha value is -2.16. The largest absolute Gasteiger partial charge is 0.457 e. The molecule has 0 aliphatic rings. The molecule has 0 aromatic rings. The van der Waals surface area contributed by atoms with Crippen molar-refractivity contribution in [3.8, 4) is 0 Å². The first kappa shape index (κ1) is 19.8. The van der Waals surface area contributed by atoms with E-state index in [0.717, 1.165) is 0 Å². The van der Waals surface area contributed by atoms with Crippen LogP contribution in [-0.4, -0.2) is 49.2 Å². The molecule has 10 heteroatoms. The van der Waals surface area contributed by atoms with Crippen molar-refractivity contribution in [2.75, 3.05) is 6.61 Å². The van der Waals surface area contributed by atoms with Gasteiger partial charge in [-0.25, -0.2) is 4.79 Å². The molecule has 0 saturated carbocycles.